The molecule has 0 bridgehead atoms. The van der Waals surface area contributed by atoms with Gasteiger partial charge in [0.2, 0.25) is 0 Å². The fourth-order valence-corrected chi connectivity index (χ4v) is 2.07. The minimum atomic E-state index is -4.47. The van der Waals surface area contributed by atoms with Crippen molar-refractivity contribution in [3.63, 3.8) is 0 Å². The Bertz CT molecular complexity index is 821. The molecule has 108 valence electrons. The highest BCUT2D eigenvalue weighted by Crippen LogP contribution is 2.31. The monoisotopic (exact) mass is 292 g/mol. The molecule has 7 heteroatoms. The maximum absolute atomic E-state index is 12.8. The number of nitrogens with zero attached hydrogens (tertiary/aromatic N) is 3. The van der Waals surface area contributed by atoms with Gasteiger partial charge in [-0.2, -0.15) is 13.2 Å². The summed E-state index contributed by atoms with van der Waals surface area (Å²) in [6, 6.07) is 8.26. The first-order valence-electron chi connectivity index (χ1n) is 6.15. The zero-order valence-electron chi connectivity index (χ0n) is 11.0. The highest BCUT2D eigenvalue weighted by Gasteiger charge is 2.32. The first kappa shape index (κ1) is 13.4. The lowest BCUT2D eigenvalue weighted by Crippen LogP contribution is -2.08. The van der Waals surface area contributed by atoms with Gasteiger partial charge in [-0.05, 0) is 19.1 Å². The van der Waals surface area contributed by atoms with E-state index in [1.807, 2.05) is 25.1 Å². The molecule has 21 heavy (non-hydrogen) atoms. The van der Waals surface area contributed by atoms with Gasteiger partial charge in [0.15, 0.2) is 11.5 Å². The van der Waals surface area contributed by atoms with Crippen LogP contribution in [0.25, 0.3) is 17.0 Å². The van der Waals surface area contributed by atoms with Gasteiger partial charge < -0.3 is 5.73 Å². The number of hydrogen-bond acceptors (Lipinski definition) is 3. The minimum Gasteiger partial charge on any atom is -0.396 e. The van der Waals surface area contributed by atoms with Crippen LogP contribution in [-0.4, -0.2) is 14.6 Å². The van der Waals surface area contributed by atoms with Crippen LogP contribution >= 0.6 is 0 Å². The number of aryl methyl sites for hydroxylation is 1. The number of nitrogen functional groups attached to an aromatic ring is 1. The number of fused-ring (bicyclic) bond motifs is 1. The quantitative estimate of drug-likeness (QED) is 0.748. The van der Waals surface area contributed by atoms with Gasteiger partial charge in [-0.15, -0.1) is 5.10 Å². The third-order valence-corrected chi connectivity index (χ3v) is 3.07. The number of benzene rings is 1. The molecule has 4 nitrogen and oxygen atoms in total. The molecule has 2 heterocycles. The minimum absolute atomic E-state index is 0.0590. The second-order valence-electron chi connectivity index (χ2n) is 4.75. The average molecular weight is 292 g/mol. The van der Waals surface area contributed by atoms with Crippen LogP contribution in [0.15, 0.2) is 36.5 Å². The molecule has 3 rings (SSSR count). The smallest absolute Gasteiger partial charge is 0.396 e. The van der Waals surface area contributed by atoms with Crippen molar-refractivity contribution in [2.24, 2.45) is 0 Å². The number of anilines is 1. The summed E-state index contributed by atoms with van der Waals surface area (Å²) in [6.45, 7) is 1.91. The number of halogens is 3. The predicted octanol–water partition coefficient (Wildman–Crippen LogP) is 3.31. The summed E-state index contributed by atoms with van der Waals surface area (Å²) < 4.78 is 39.3. The Morgan fingerprint density at radius 1 is 1.19 bits per heavy atom. The third kappa shape index (κ3) is 2.42. The standard InChI is InChI=1S/C14H11F3N4/c1-8-3-2-4-9(5-8)12-19-13-11(18)6-10(14(15,16)17)7-21(13)20-12/h2-7H,18H2,1H3. The summed E-state index contributed by atoms with van der Waals surface area (Å²) in [5.41, 5.74) is 6.68. The average Bonchev–Trinajstić information content (AvgIpc) is 2.82. The predicted molar refractivity (Wildman–Crippen MR) is 72.6 cm³/mol. The van der Waals surface area contributed by atoms with E-state index >= 15 is 0 Å². The maximum Gasteiger partial charge on any atom is 0.417 e. The van der Waals surface area contributed by atoms with Crippen molar-refractivity contribution in [1.82, 2.24) is 14.6 Å². The van der Waals surface area contributed by atoms with Crippen LogP contribution in [0.5, 0.6) is 0 Å². The lowest BCUT2D eigenvalue weighted by molar-refractivity contribution is -0.137. The van der Waals surface area contributed by atoms with Crippen LogP contribution in [0, 0.1) is 6.92 Å². The van der Waals surface area contributed by atoms with Crippen LogP contribution in [-0.2, 0) is 6.18 Å². The number of pyridine rings is 1. The molecule has 0 unspecified atom stereocenters. The number of nitrogens with two attached hydrogens (primary N) is 1. The molecule has 1 aromatic carbocycles. The van der Waals surface area contributed by atoms with Crippen molar-refractivity contribution in [2.45, 2.75) is 13.1 Å². The Morgan fingerprint density at radius 3 is 2.62 bits per heavy atom. The number of alkyl halides is 3. The summed E-state index contributed by atoms with van der Waals surface area (Å²) in [7, 11) is 0. The van der Waals surface area contributed by atoms with Crippen LogP contribution in [0.2, 0.25) is 0 Å². The van der Waals surface area contributed by atoms with E-state index in [1.165, 1.54) is 0 Å². The lowest BCUT2D eigenvalue weighted by atomic mass is 10.1. The molecule has 2 aromatic heterocycles. The Kier molecular flexibility index (Phi) is 2.86. The van der Waals surface area contributed by atoms with Gasteiger partial charge in [0.25, 0.3) is 0 Å². The fraction of sp³-hybridized carbons (Fsp3) is 0.143. The zero-order valence-corrected chi connectivity index (χ0v) is 11.0. The second-order valence-corrected chi connectivity index (χ2v) is 4.75. The first-order valence-corrected chi connectivity index (χ1v) is 6.15. The van der Waals surface area contributed by atoms with Crippen molar-refractivity contribution in [3.05, 3.63) is 47.7 Å². The Hall–Kier alpha value is -2.57. The van der Waals surface area contributed by atoms with E-state index < -0.39 is 11.7 Å². The number of hydrogen-bond donors (Lipinski definition) is 1. The SMILES string of the molecule is Cc1cccc(-c2nc3c(N)cc(C(F)(F)F)cn3n2)c1. The van der Waals surface area contributed by atoms with Crippen molar-refractivity contribution in [2.75, 3.05) is 5.73 Å². The molecule has 0 aliphatic rings. The first-order chi connectivity index (χ1) is 9.84. The van der Waals surface area contributed by atoms with E-state index in [4.69, 9.17) is 5.73 Å². The number of aromatic nitrogens is 3. The van der Waals surface area contributed by atoms with Gasteiger partial charge in [0, 0.05) is 11.8 Å². The maximum atomic E-state index is 12.8. The van der Waals surface area contributed by atoms with E-state index in [0.717, 1.165) is 27.9 Å². The van der Waals surface area contributed by atoms with Gasteiger partial charge in [-0.1, -0.05) is 23.8 Å². The van der Waals surface area contributed by atoms with E-state index in [1.54, 1.807) is 6.07 Å². The van der Waals surface area contributed by atoms with Crippen LogP contribution < -0.4 is 5.73 Å². The highest BCUT2D eigenvalue weighted by atomic mass is 19.4. The molecule has 0 atom stereocenters. The Balaban J connectivity index is 2.18. The van der Waals surface area contributed by atoms with Crippen LogP contribution in [0.1, 0.15) is 11.1 Å². The molecule has 0 aliphatic carbocycles. The largest absolute Gasteiger partial charge is 0.417 e. The summed E-state index contributed by atoms with van der Waals surface area (Å²) in [4.78, 5) is 4.21. The van der Waals surface area contributed by atoms with Crippen molar-refractivity contribution < 1.29 is 13.2 Å². The van der Waals surface area contributed by atoms with Crippen LogP contribution in [0.4, 0.5) is 18.9 Å². The molecule has 0 saturated carbocycles. The van der Waals surface area contributed by atoms with E-state index in [2.05, 4.69) is 10.1 Å². The molecule has 0 spiro atoms. The van der Waals surface area contributed by atoms with E-state index in [0.29, 0.717) is 5.82 Å². The molecule has 0 fully saturated rings. The fourth-order valence-electron chi connectivity index (χ4n) is 2.07. The molecule has 0 amide bonds. The topological polar surface area (TPSA) is 56.2 Å². The normalized spacial score (nSPS) is 12.0. The molecule has 3 aromatic rings. The summed E-state index contributed by atoms with van der Waals surface area (Å²) in [6.07, 6.45) is -3.59. The van der Waals surface area contributed by atoms with Gasteiger partial charge in [0.05, 0.1) is 11.3 Å². The summed E-state index contributed by atoms with van der Waals surface area (Å²) in [5.74, 6) is 0.338. The van der Waals surface area contributed by atoms with Crippen molar-refractivity contribution in [1.29, 1.82) is 0 Å². The molecule has 0 radical (unpaired) electrons. The lowest BCUT2D eigenvalue weighted by Gasteiger charge is -2.07. The van der Waals surface area contributed by atoms with E-state index in [-0.39, 0.29) is 11.3 Å². The van der Waals surface area contributed by atoms with Crippen molar-refractivity contribution in [3.8, 4) is 11.4 Å². The zero-order chi connectivity index (χ0) is 15.2. The third-order valence-electron chi connectivity index (χ3n) is 3.07. The highest BCUT2D eigenvalue weighted by molar-refractivity contribution is 5.69. The molecule has 0 saturated heterocycles. The molecule has 0 aliphatic heterocycles. The summed E-state index contributed by atoms with van der Waals surface area (Å²) in [5, 5.41) is 4.08. The summed E-state index contributed by atoms with van der Waals surface area (Å²) >= 11 is 0. The van der Waals surface area contributed by atoms with Gasteiger partial charge in [-0.25, -0.2) is 9.50 Å². The Labute approximate surface area is 118 Å². The number of rotatable bonds is 1. The van der Waals surface area contributed by atoms with E-state index in [9.17, 15) is 13.2 Å². The molecule has 2 N–H and O–H groups in total. The molecular formula is C14H11F3N4. The Morgan fingerprint density at radius 2 is 1.95 bits per heavy atom. The van der Waals surface area contributed by atoms with Gasteiger partial charge in [-0.3, -0.25) is 0 Å². The van der Waals surface area contributed by atoms with Gasteiger partial charge >= 0.3 is 6.18 Å². The van der Waals surface area contributed by atoms with Crippen LogP contribution in [0.3, 0.4) is 0 Å². The second kappa shape index (κ2) is 4.47. The van der Waals surface area contributed by atoms with Crippen molar-refractivity contribution >= 4 is 11.3 Å². The molecular weight excluding hydrogens is 281 g/mol. The van der Waals surface area contributed by atoms with Gasteiger partial charge in [0.1, 0.15) is 0 Å².